The van der Waals surface area contributed by atoms with E-state index in [-0.39, 0.29) is 12.1 Å². The molecule has 4 aromatic rings. The molecule has 4 heterocycles. The van der Waals surface area contributed by atoms with Gasteiger partial charge in [0.2, 0.25) is 5.89 Å². The van der Waals surface area contributed by atoms with E-state index in [1.807, 2.05) is 0 Å². The summed E-state index contributed by atoms with van der Waals surface area (Å²) >= 11 is 0. The van der Waals surface area contributed by atoms with Gasteiger partial charge in [0, 0.05) is 31.7 Å². The van der Waals surface area contributed by atoms with Crippen LogP contribution in [0.4, 0.5) is 5.69 Å². The van der Waals surface area contributed by atoms with Crippen LogP contribution in [0.25, 0.3) is 11.2 Å². The van der Waals surface area contributed by atoms with Crippen LogP contribution in [0.2, 0.25) is 0 Å². The van der Waals surface area contributed by atoms with Crippen LogP contribution < -0.4 is 10.5 Å². The molecular formula is C23H23N7O2. The molecule has 1 saturated carbocycles. The topological polar surface area (TPSA) is 94.9 Å². The highest BCUT2D eigenvalue weighted by Gasteiger charge is 2.58. The van der Waals surface area contributed by atoms with Crippen LogP contribution >= 0.6 is 0 Å². The van der Waals surface area contributed by atoms with Gasteiger partial charge in [-0.1, -0.05) is 11.2 Å². The summed E-state index contributed by atoms with van der Waals surface area (Å²) in [6, 6.07) is 6.98. The normalized spacial score (nSPS) is 23.7. The number of hydrogen-bond acceptors (Lipinski definition) is 7. The average Bonchev–Trinajstić information content (AvgIpc) is 3.38. The van der Waals surface area contributed by atoms with E-state index in [2.05, 4.69) is 43.2 Å². The van der Waals surface area contributed by atoms with Crippen molar-refractivity contribution < 1.29 is 4.52 Å². The molecule has 2 fully saturated rings. The second-order valence-corrected chi connectivity index (χ2v) is 9.32. The van der Waals surface area contributed by atoms with Crippen molar-refractivity contribution in [3.05, 3.63) is 64.0 Å². The molecule has 1 aromatic carbocycles. The molecule has 9 nitrogen and oxygen atoms in total. The van der Waals surface area contributed by atoms with Crippen molar-refractivity contribution in [1.29, 1.82) is 0 Å². The van der Waals surface area contributed by atoms with Gasteiger partial charge in [0.15, 0.2) is 17.0 Å². The first-order valence-electron chi connectivity index (χ1n) is 11.2. The number of fused-ring (bicyclic) bond motifs is 3. The fourth-order valence-corrected chi connectivity index (χ4v) is 5.67. The summed E-state index contributed by atoms with van der Waals surface area (Å²) in [7, 11) is 1.78. The molecule has 7 rings (SSSR count). The summed E-state index contributed by atoms with van der Waals surface area (Å²) in [6.45, 7) is 2.29. The molecule has 3 aliphatic rings. The Bertz CT molecular complexity index is 1410. The number of hydrogen-bond donors (Lipinski definition) is 0. The molecule has 32 heavy (non-hydrogen) atoms. The van der Waals surface area contributed by atoms with Crippen molar-refractivity contribution in [3.63, 3.8) is 0 Å². The van der Waals surface area contributed by atoms with E-state index in [4.69, 9.17) is 4.52 Å². The Hall–Kier alpha value is -3.49. The van der Waals surface area contributed by atoms with Gasteiger partial charge in [-0.15, -0.1) is 0 Å². The van der Waals surface area contributed by atoms with Gasteiger partial charge in [-0.25, -0.2) is 9.97 Å². The first-order valence-corrected chi connectivity index (χ1v) is 11.2. The molecule has 0 amide bonds. The Morgan fingerprint density at radius 1 is 1.09 bits per heavy atom. The smallest absolute Gasteiger partial charge is 0.280 e. The van der Waals surface area contributed by atoms with E-state index < -0.39 is 0 Å². The third kappa shape index (κ3) is 2.66. The molecule has 9 heteroatoms. The molecule has 0 spiro atoms. The zero-order valence-electron chi connectivity index (χ0n) is 17.8. The zero-order valence-corrected chi connectivity index (χ0v) is 17.8. The second-order valence-electron chi connectivity index (χ2n) is 9.32. The molecule has 1 saturated heterocycles. The van der Waals surface area contributed by atoms with Crippen LogP contribution in [0, 0.1) is 11.8 Å². The van der Waals surface area contributed by atoms with Gasteiger partial charge in [0.1, 0.15) is 12.9 Å². The lowest BCUT2D eigenvalue weighted by molar-refractivity contribution is 0.363. The fourth-order valence-electron chi connectivity index (χ4n) is 5.67. The lowest BCUT2D eigenvalue weighted by Crippen LogP contribution is -2.24. The van der Waals surface area contributed by atoms with Crippen molar-refractivity contribution in [2.24, 2.45) is 18.9 Å². The number of benzene rings is 1. The molecule has 2 aliphatic carbocycles. The van der Waals surface area contributed by atoms with E-state index in [0.29, 0.717) is 34.8 Å². The Kier molecular flexibility index (Phi) is 3.68. The monoisotopic (exact) mass is 429 g/mol. The SMILES string of the molecule is Cn1cnc2ncn(Cc3nc([C@H]4[C@@H]5CN(c6ccc7c(c6)CCC7)C[C@@H]54)no3)c(=O)c21. The van der Waals surface area contributed by atoms with Crippen molar-refractivity contribution in [1.82, 2.24) is 29.2 Å². The van der Waals surface area contributed by atoms with Gasteiger partial charge < -0.3 is 14.0 Å². The van der Waals surface area contributed by atoms with Gasteiger partial charge in [0.25, 0.3) is 5.56 Å². The molecule has 3 aromatic heterocycles. The van der Waals surface area contributed by atoms with Gasteiger partial charge >= 0.3 is 0 Å². The molecule has 0 unspecified atom stereocenters. The summed E-state index contributed by atoms with van der Waals surface area (Å²) in [6.07, 6.45) is 6.80. The average molecular weight is 429 g/mol. The molecule has 0 radical (unpaired) electrons. The maximum absolute atomic E-state index is 12.7. The molecule has 3 atom stereocenters. The first-order chi connectivity index (χ1) is 15.7. The highest BCUT2D eigenvalue weighted by Crippen LogP contribution is 2.58. The Morgan fingerprint density at radius 3 is 2.78 bits per heavy atom. The number of rotatable bonds is 4. The van der Waals surface area contributed by atoms with E-state index in [1.165, 1.54) is 47.0 Å². The maximum Gasteiger partial charge on any atom is 0.280 e. The molecular weight excluding hydrogens is 406 g/mol. The quantitative estimate of drug-likeness (QED) is 0.489. The van der Waals surface area contributed by atoms with Gasteiger partial charge in [0.05, 0.1) is 6.33 Å². The lowest BCUT2D eigenvalue weighted by Gasteiger charge is -2.22. The molecule has 0 N–H and O–H groups in total. The predicted molar refractivity (Wildman–Crippen MR) is 117 cm³/mol. The third-order valence-corrected chi connectivity index (χ3v) is 7.43. The number of anilines is 1. The minimum Gasteiger partial charge on any atom is -0.371 e. The van der Waals surface area contributed by atoms with Crippen LogP contribution in [-0.2, 0) is 26.4 Å². The Morgan fingerprint density at radius 2 is 1.91 bits per heavy atom. The van der Waals surface area contributed by atoms with E-state index in [0.717, 1.165) is 18.9 Å². The van der Waals surface area contributed by atoms with Gasteiger partial charge in [-0.3, -0.25) is 9.36 Å². The number of aryl methyl sites for hydroxylation is 3. The first kappa shape index (κ1) is 18.1. The van der Waals surface area contributed by atoms with Crippen molar-refractivity contribution in [3.8, 4) is 0 Å². The van der Waals surface area contributed by atoms with Crippen LogP contribution in [0.15, 0.2) is 40.2 Å². The predicted octanol–water partition coefficient (Wildman–Crippen LogP) is 1.90. The van der Waals surface area contributed by atoms with Crippen LogP contribution in [0.5, 0.6) is 0 Å². The van der Waals surface area contributed by atoms with Crippen LogP contribution in [0.3, 0.4) is 0 Å². The minimum absolute atomic E-state index is 0.164. The molecule has 1 aliphatic heterocycles. The zero-order chi connectivity index (χ0) is 21.4. The third-order valence-electron chi connectivity index (χ3n) is 7.43. The largest absolute Gasteiger partial charge is 0.371 e. The second kappa shape index (κ2) is 6.51. The standard InChI is InChI=1S/C23H23N7O2/c1-28-11-24-22-20(28)23(31)30(12-25-22)10-18-26-21(27-32-18)19-16-8-29(9-17(16)19)15-6-5-13-3-2-4-14(13)7-15/h5-7,11-12,16-17,19H,2-4,8-10H2,1H3/t16-,17+,19+. The van der Waals surface area contributed by atoms with Crippen molar-refractivity contribution >= 4 is 16.9 Å². The highest BCUT2D eigenvalue weighted by atomic mass is 16.5. The van der Waals surface area contributed by atoms with Crippen LogP contribution in [-0.4, -0.2) is 42.3 Å². The van der Waals surface area contributed by atoms with E-state index in [1.54, 1.807) is 17.9 Å². The number of nitrogens with zero attached hydrogens (tertiary/aromatic N) is 7. The van der Waals surface area contributed by atoms with Gasteiger partial charge in [-0.05, 0) is 54.4 Å². The maximum atomic E-state index is 12.7. The van der Waals surface area contributed by atoms with Crippen molar-refractivity contribution in [2.45, 2.75) is 31.7 Å². The van der Waals surface area contributed by atoms with E-state index >= 15 is 0 Å². The van der Waals surface area contributed by atoms with Gasteiger partial charge in [-0.2, -0.15) is 4.98 Å². The summed E-state index contributed by atoms with van der Waals surface area (Å²) in [5.41, 5.74) is 5.14. The molecule has 162 valence electrons. The van der Waals surface area contributed by atoms with E-state index in [9.17, 15) is 4.79 Å². The lowest BCUT2D eigenvalue weighted by atomic mass is 10.1. The Labute approximate surface area is 183 Å². The molecule has 0 bridgehead atoms. The fraction of sp³-hybridized carbons (Fsp3) is 0.435. The summed E-state index contributed by atoms with van der Waals surface area (Å²) < 4.78 is 8.66. The summed E-state index contributed by atoms with van der Waals surface area (Å²) in [4.78, 5) is 28.2. The summed E-state index contributed by atoms with van der Waals surface area (Å²) in [5, 5.41) is 4.24. The highest BCUT2D eigenvalue weighted by molar-refractivity contribution is 5.68. The minimum atomic E-state index is -0.164. The van der Waals surface area contributed by atoms with Crippen molar-refractivity contribution in [2.75, 3.05) is 18.0 Å². The Balaban J connectivity index is 1.06. The number of piperidine rings is 1. The summed E-state index contributed by atoms with van der Waals surface area (Å²) in [5.74, 6) is 2.71. The number of imidazole rings is 1. The number of aromatic nitrogens is 6. The van der Waals surface area contributed by atoms with Crippen LogP contribution in [0.1, 0.15) is 35.2 Å².